The molecule has 1 saturated heterocycles. The molecule has 0 radical (unpaired) electrons. The summed E-state index contributed by atoms with van der Waals surface area (Å²) in [4.78, 5) is 0. The van der Waals surface area contributed by atoms with Crippen LogP contribution in [0.25, 0.3) is 0 Å². The lowest BCUT2D eigenvalue weighted by Crippen LogP contribution is -2.97. The average Bonchev–Trinajstić information content (AvgIpc) is 2.48. The van der Waals surface area contributed by atoms with Crippen molar-refractivity contribution in [3.05, 3.63) is 71.8 Å². The second-order valence-corrected chi connectivity index (χ2v) is 6.06. The largest absolute Gasteiger partial charge is 0.393 e. The van der Waals surface area contributed by atoms with E-state index in [1.807, 2.05) is 12.1 Å². The van der Waals surface area contributed by atoms with Gasteiger partial charge in [-0.15, -0.1) is 0 Å². The first kappa shape index (κ1) is 13.3. The molecule has 0 unspecified atom stereocenters. The number of aliphatic hydroxyl groups excluding tert-OH is 1. The van der Waals surface area contributed by atoms with Gasteiger partial charge in [0.2, 0.25) is 0 Å². The summed E-state index contributed by atoms with van der Waals surface area (Å²) >= 11 is 0. The zero-order valence-corrected chi connectivity index (χ0v) is 11.9. The van der Waals surface area contributed by atoms with E-state index in [1.54, 1.807) is 0 Å². The summed E-state index contributed by atoms with van der Waals surface area (Å²) in [5, 5.41) is 12.7. The smallest absolute Gasteiger partial charge is 0.122 e. The van der Waals surface area contributed by atoms with E-state index in [-0.39, 0.29) is 11.6 Å². The Kier molecular flexibility index (Phi) is 3.60. The van der Waals surface area contributed by atoms with Crippen LogP contribution in [0.2, 0.25) is 0 Å². The fourth-order valence-electron chi connectivity index (χ4n) is 3.41. The minimum Gasteiger partial charge on any atom is -0.393 e. The minimum absolute atomic E-state index is 0.0561. The number of benzene rings is 2. The molecule has 2 nitrogen and oxygen atoms in total. The predicted molar refractivity (Wildman–Crippen MR) is 80.1 cm³/mol. The quantitative estimate of drug-likeness (QED) is 0.862. The van der Waals surface area contributed by atoms with Crippen molar-refractivity contribution in [1.29, 1.82) is 0 Å². The van der Waals surface area contributed by atoms with Crippen molar-refractivity contribution in [2.45, 2.75) is 37.5 Å². The van der Waals surface area contributed by atoms with Gasteiger partial charge in [-0.2, -0.15) is 0 Å². The lowest BCUT2D eigenvalue weighted by Gasteiger charge is -2.39. The van der Waals surface area contributed by atoms with E-state index in [0.29, 0.717) is 6.04 Å². The molecule has 3 atom stereocenters. The maximum atomic E-state index is 10.3. The lowest BCUT2D eigenvalue weighted by atomic mass is 9.79. The topological polar surface area (TPSA) is 36.8 Å². The van der Waals surface area contributed by atoms with Crippen LogP contribution >= 0.6 is 0 Å². The van der Waals surface area contributed by atoms with Crippen LogP contribution < -0.4 is 5.32 Å². The summed E-state index contributed by atoms with van der Waals surface area (Å²) < 4.78 is 0. The Balaban J connectivity index is 1.90. The van der Waals surface area contributed by atoms with E-state index in [0.717, 1.165) is 12.8 Å². The standard InChI is InChI=1S/C18H21NO/c1-18(15-10-6-3-7-11-15)13-16(20)12-17(19-18)14-8-4-2-5-9-14/h2-11,16-17,19-20H,12-13H2,1H3/p+1/t16-,17-,18+/m1/s1. The molecule has 2 aromatic rings. The fraction of sp³-hybridized carbons (Fsp3) is 0.333. The number of hydrogen-bond acceptors (Lipinski definition) is 1. The van der Waals surface area contributed by atoms with Gasteiger partial charge in [0, 0.05) is 24.0 Å². The monoisotopic (exact) mass is 268 g/mol. The first-order chi connectivity index (χ1) is 9.67. The van der Waals surface area contributed by atoms with Gasteiger partial charge in [0.05, 0.1) is 6.10 Å². The van der Waals surface area contributed by atoms with Gasteiger partial charge < -0.3 is 10.4 Å². The van der Waals surface area contributed by atoms with E-state index < -0.39 is 0 Å². The molecular formula is C18H22NO+. The van der Waals surface area contributed by atoms with Crippen LogP contribution in [-0.2, 0) is 5.54 Å². The first-order valence-electron chi connectivity index (χ1n) is 7.32. The highest BCUT2D eigenvalue weighted by Gasteiger charge is 2.41. The van der Waals surface area contributed by atoms with Crippen LogP contribution in [0.3, 0.4) is 0 Å². The van der Waals surface area contributed by atoms with Crippen molar-refractivity contribution in [2.75, 3.05) is 0 Å². The predicted octanol–water partition coefficient (Wildman–Crippen LogP) is 2.36. The molecule has 104 valence electrons. The van der Waals surface area contributed by atoms with Gasteiger partial charge in [-0.1, -0.05) is 60.7 Å². The third-order valence-electron chi connectivity index (χ3n) is 4.42. The molecule has 0 bridgehead atoms. The first-order valence-corrected chi connectivity index (χ1v) is 7.32. The Hall–Kier alpha value is -1.64. The Morgan fingerprint density at radius 2 is 1.60 bits per heavy atom. The normalized spacial score (nSPS) is 30.1. The Bertz CT molecular complexity index is 554. The fourth-order valence-corrected chi connectivity index (χ4v) is 3.41. The summed E-state index contributed by atoms with van der Waals surface area (Å²) in [5.41, 5.74) is 2.53. The van der Waals surface area contributed by atoms with E-state index in [1.165, 1.54) is 11.1 Å². The van der Waals surface area contributed by atoms with E-state index in [4.69, 9.17) is 0 Å². The third kappa shape index (κ3) is 2.62. The maximum Gasteiger partial charge on any atom is 0.122 e. The van der Waals surface area contributed by atoms with Gasteiger partial charge in [0.15, 0.2) is 0 Å². The van der Waals surface area contributed by atoms with E-state index in [2.05, 4.69) is 60.8 Å². The molecule has 3 N–H and O–H groups in total. The van der Waals surface area contributed by atoms with Crippen molar-refractivity contribution in [3.8, 4) is 0 Å². The van der Waals surface area contributed by atoms with Gasteiger partial charge in [0.25, 0.3) is 0 Å². The van der Waals surface area contributed by atoms with Crippen LogP contribution in [0, 0.1) is 0 Å². The summed E-state index contributed by atoms with van der Waals surface area (Å²) in [6, 6.07) is 21.3. The average molecular weight is 268 g/mol. The molecule has 2 aromatic carbocycles. The Labute approximate surface area is 120 Å². The van der Waals surface area contributed by atoms with Crippen molar-refractivity contribution in [1.82, 2.24) is 0 Å². The number of hydrogen-bond donors (Lipinski definition) is 2. The van der Waals surface area contributed by atoms with Gasteiger partial charge in [-0.05, 0) is 6.92 Å². The summed E-state index contributed by atoms with van der Waals surface area (Å²) in [5.74, 6) is 0. The van der Waals surface area contributed by atoms with Crippen LogP contribution in [0.4, 0.5) is 0 Å². The van der Waals surface area contributed by atoms with Gasteiger partial charge in [-0.25, -0.2) is 0 Å². The Morgan fingerprint density at radius 1 is 1.00 bits per heavy atom. The third-order valence-corrected chi connectivity index (χ3v) is 4.42. The molecule has 0 saturated carbocycles. The summed E-state index contributed by atoms with van der Waals surface area (Å²) in [6.45, 7) is 2.24. The van der Waals surface area contributed by atoms with Crippen molar-refractivity contribution in [2.24, 2.45) is 0 Å². The summed E-state index contributed by atoms with van der Waals surface area (Å²) in [6.07, 6.45) is 1.39. The number of quaternary nitrogens is 1. The molecule has 0 amide bonds. The zero-order valence-electron chi connectivity index (χ0n) is 11.9. The molecule has 1 heterocycles. The number of nitrogens with two attached hydrogens (primary N) is 1. The molecule has 0 aromatic heterocycles. The number of piperidine rings is 1. The highest BCUT2D eigenvalue weighted by molar-refractivity contribution is 5.23. The van der Waals surface area contributed by atoms with Gasteiger partial charge in [0.1, 0.15) is 11.6 Å². The second-order valence-electron chi connectivity index (χ2n) is 6.06. The second kappa shape index (κ2) is 5.39. The van der Waals surface area contributed by atoms with Gasteiger partial charge in [-0.3, -0.25) is 0 Å². The molecule has 2 heteroatoms. The number of aliphatic hydroxyl groups is 1. The van der Waals surface area contributed by atoms with Crippen LogP contribution in [0.15, 0.2) is 60.7 Å². The SMILES string of the molecule is C[C@@]1(c2ccccc2)C[C@H](O)C[C@H](c2ccccc2)[NH2+]1. The van der Waals surface area contributed by atoms with Crippen molar-refractivity contribution in [3.63, 3.8) is 0 Å². The highest BCUT2D eigenvalue weighted by atomic mass is 16.3. The molecular weight excluding hydrogens is 246 g/mol. The van der Waals surface area contributed by atoms with Crippen LogP contribution in [-0.4, -0.2) is 11.2 Å². The molecule has 1 fully saturated rings. The zero-order chi connectivity index (χ0) is 14.0. The van der Waals surface area contributed by atoms with Crippen molar-refractivity contribution < 1.29 is 10.4 Å². The van der Waals surface area contributed by atoms with Crippen molar-refractivity contribution >= 4 is 0 Å². The molecule has 3 rings (SSSR count). The molecule has 1 aliphatic rings. The minimum atomic E-state index is -0.240. The van der Waals surface area contributed by atoms with E-state index >= 15 is 0 Å². The molecule has 0 aliphatic carbocycles. The van der Waals surface area contributed by atoms with Crippen LogP contribution in [0.1, 0.15) is 36.9 Å². The molecule has 0 spiro atoms. The van der Waals surface area contributed by atoms with E-state index in [9.17, 15) is 5.11 Å². The van der Waals surface area contributed by atoms with Gasteiger partial charge >= 0.3 is 0 Å². The highest BCUT2D eigenvalue weighted by Crippen LogP contribution is 2.31. The Morgan fingerprint density at radius 3 is 2.25 bits per heavy atom. The number of rotatable bonds is 2. The lowest BCUT2D eigenvalue weighted by molar-refractivity contribution is -0.780. The van der Waals surface area contributed by atoms with Crippen LogP contribution in [0.5, 0.6) is 0 Å². The molecule has 1 aliphatic heterocycles. The summed E-state index contributed by atoms with van der Waals surface area (Å²) in [7, 11) is 0. The maximum absolute atomic E-state index is 10.3. The molecule has 20 heavy (non-hydrogen) atoms.